The first-order chi connectivity index (χ1) is 12.5. The van der Waals surface area contributed by atoms with E-state index in [9.17, 15) is 4.79 Å². The molecule has 2 aromatic heterocycles. The van der Waals surface area contributed by atoms with Crippen molar-refractivity contribution >= 4 is 11.9 Å². The molecule has 138 valence electrons. The molecule has 0 radical (unpaired) electrons. The molecule has 3 heterocycles. The van der Waals surface area contributed by atoms with Gasteiger partial charge in [0.05, 0.1) is 0 Å². The maximum atomic E-state index is 12.8. The monoisotopic (exact) mass is 353 g/mol. The van der Waals surface area contributed by atoms with Crippen LogP contribution in [-0.2, 0) is 6.42 Å². The molecule has 0 N–H and O–H groups in total. The van der Waals surface area contributed by atoms with E-state index in [1.54, 1.807) is 18.5 Å². The fraction of sp³-hybridized carbons (Fsp3) is 0.500. The third kappa shape index (κ3) is 4.56. The van der Waals surface area contributed by atoms with E-state index in [1.165, 1.54) is 5.56 Å². The van der Waals surface area contributed by atoms with Crippen molar-refractivity contribution in [1.82, 2.24) is 19.9 Å². The van der Waals surface area contributed by atoms with Crippen LogP contribution >= 0.6 is 0 Å². The second-order valence-electron chi connectivity index (χ2n) is 7.20. The Kier molecular flexibility index (Phi) is 5.81. The number of likely N-dealkylation sites (N-methyl/N-ethyl adjacent to an activating group) is 1. The number of nitrogens with zero attached hydrogens (tertiary/aromatic N) is 5. The number of pyridine rings is 1. The lowest BCUT2D eigenvalue weighted by molar-refractivity contribution is 0.0691. The SMILES string of the molecule is Cc1cc(C(=O)N2CCC(C)CC2)nc(N(C)CCc2ccncc2)n1. The maximum Gasteiger partial charge on any atom is 0.272 e. The molecule has 1 aliphatic rings. The van der Waals surface area contributed by atoms with E-state index >= 15 is 0 Å². The summed E-state index contributed by atoms with van der Waals surface area (Å²) in [5, 5.41) is 0. The third-order valence-corrected chi connectivity index (χ3v) is 4.96. The summed E-state index contributed by atoms with van der Waals surface area (Å²) in [5.74, 6) is 1.32. The Morgan fingerprint density at radius 3 is 2.62 bits per heavy atom. The van der Waals surface area contributed by atoms with Crippen LogP contribution in [-0.4, -0.2) is 52.4 Å². The highest BCUT2D eigenvalue weighted by Crippen LogP contribution is 2.19. The standard InChI is InChI=1S/C20H27N5O/c1-15-6-12-25(13-7-15)19(26)18-14-16(2)22-20(23-18)24(3)11-8-17-4-9-21-10-5-17/h4-5,9-10,14-15H,6-8,11-13H2,1-3H3. The predicted octanol–water partition coefficient (Wildman–Crippen LogP) is 2.73. The zero-order chi connectivity index (χ0) is 18.5. The molecule has 1 amide bonds. The molecule has 1 aliphatic heterocycles. The molecule has 1 saturated heterocycles. The van der Waals surface area contributed by atoms with Gasteiger partial charge in [0.25, 0.3) is 5.91 Å². The lowest BCUT2D eigenvalue weighted by Crippen LogP contribution is -2.38. The van der Waals surface area contributed by atoms with Crippen molar-refractivity contribution < 1.29 is 4.79 Å². The summed E-state index contributed by atoms with van der Waals surface area (Å²) in [6, 6.07) is 5.81. The number of aromatic nitrogens is 3. The van der Waals surface area contributed by atoms with Gasteiger partial charge in [-0.2, -0.15) is 0 Å². The number of anilines is 1. The third-order valence-electron chi connectivity index (χ3n) is 4.96. The summed E-state index contributed by atoms with van der Waals surface area (Å²) in [6.07, 6.45) is 6.61. The number of carbonyl (C=O) groups excluding carboxylic acids is 1. The van der Waals surface area contributed by atoms with Gasteiger partial charge < -0.3 is 9.80 Å². The van der Waals surface area contributed by atoms with Gasteiger partial charge in [0.2, 0.25) is 5.95 Å². The second kappa shape index (κ2) is 8.25. The molecule has 3 rings (SSSR count). The maximum absolute atomic E-state index is 12.8. The smallest absolute Gasteiger partial charge is 0.272 e. The minimum Gasteiger partial charge on any atom is -0.344 e. The Morgan fingerprint density at radius 1 is 1.23 bits per heavy atom. The van der Waals surface area contributed by atoms with Crippen molar-refractivity contribution in [2.75, 3.05) is 31.6 Å². The van der Waals surface area contributed by atoms with Gasteiger partial charge >= 0.3 is 0 Å². The quantitative estimate of drug-likeness (QED) is 0.827. The van der Waals surface area contributed by atoms with Crippen molar-refractivity contribution in [2.24, 2.45) is 5.92 Å². The van der Waals surface area contributed by atoms with E-state index in [2.05, 4.69) is 21.9 Å². The number of carbonyl (C=O) groups is 1. The molecule has 0 bridgehead atoms. The van der Waals surface area contributed by atoms with E-state index in [4.69, 9.17) is 0 Å². The summed E-state index contributed by atoms with van der Waals surface area (Å²) in [5.41, 5.74) is 2.54. The van der Waals surface area contributed by atoms with Gasteiger partial charge in [0.1, 0.15) is 5.69 Å². The number of piperidine rings is 1. The fourth-order valence-electron chi connectivity index (χ4n) is 3.15. The van der Waals surface area contributed by atoms with Crippen LogP contribution in [0.15, 0.2) is 30.6 Å². The van der Waals surface area contributed by atoms with Crippen molar-refractivity contribution in [2.45, 2.75) is 33.1 Å². The van der Waals surface area contributed by atoms with E-state index in [0.29, 0.717) is 17.6 Å². The first kappa shape index (κ1) is 18.3. The molecule has 0 aliphatic carbocycles. The Labute approximate surface area is 155 Å². The molecule has 26 heavy (non-hydrogen) atoms. The fourth-order valence-corrected chi connectivity index (χ4v) is 3.15. The van der Waals surface area contributed by atoms with Crippen molar-refractivity contribution in [3.63, 3.8) is 0 Å². The molecule has 1 fully saturated rings. The highest BCUT2D eigenvalue weighted by molar-refractivity contribution is 5.92. The largest absolute Gasteiger partial charge is 0.344 e. The van der Waals surface area contributed by atoms with Crippen LogP contribution < -0.4 is 4.90 Å². The highest BCUT2D eigenvalue weighted by atomic mass is 16.2. The van der Waals surface area contributed by atoms with Crippen LogP contribution in [0, 0.1) is 12.8 Å². The number of amides is 1. The van der Waals surface area contributed by atoms with Gasteiger partial charge in [-0.05, 0) is 55.9 Å². The topological polar surface area (TPSA) is 62.2 Å². The summed E-state index contributed by atoms with van der Waals surface area (Å²) in [7, 11) is 1.97. The Hall–Kier alpha value is -2.50. The molecule has 0 aromatic carbocycles. The van der Waals surface area contributed by atoms with E-state index in [-0.39, 0.29) is 5.91 Å². The van der Waals surface area contributed by atoms with E-state index in [0.717, 1.165) is 44.6 Å². The lowest BCUT2D eigenvalue weighted by Gasteiger charge is -2.30. The second-order valence-corrected chi connectivity index (χ2v) is 7.20. The van der Waals surface area contributed by atoms with Crippen molar-refractivity contribution in [3.8, 4) is 0 Å². The number of hydrogen-bond acceptors (Lipinski definition) is 5. The van der Waals surface area contributed by atoms with Crippen LogP contribution in [0.2, 0.25) is 0 Å². The predicted molar refractivity (Wildman–Crippen MR) is 102 cm³/mol. The molecule has 0 unspecified atom stereocenters. The molecule has 6 nitrogen and oxygen atoms in total. The molecule has 0 atom stereocenters. The van der Waals surface area contributed by atoms with Gasteiger partial charge in [0, 0.05) is 44.8 Å². The average Bonchev–Trinajstić information content (AvgIpc) is 2.66. The zero-order valence-corrected chi connectivity index (χ0v) is 15.9. The van der Waals surface area contributed by atoms with Crippen LogP contribution in [0.3, 0.4) is 0 Å². The van der Waals surface area contributed by atoms with E-state index < -0.39 is 0 Å². The van der Waals surface area contributed by atoms with Gasteiger partial charge in [-0.15, -0.1) is 0 Å². The van der Waals surface area contributed by atoms with Crippen LogP contribution in [0.1, 0.15) is 41.5 Å². The van der Waals surface area contributed by atoms with Gasteiger partial charge in [-0.25, -0.2) is 9.97 Å². The molecule has 0 spiro atoms. The van der Waals surface area contributed by atoms with Gasteiger partial charge in [0.15, 0.2) is 0 Å². The summed E-state index contributed by atoms with van der Waals surface area (Å²) in [4.78, 5) is 29.9. The molecule has 0 saturated carbocycles. The Balaban J connectivity index is 1.69. The van der Waals surface area contributed by atoms with Gasteiger partial charge in [-0.3, -0.25) is 9.78 Å². The first-order valence-corrected chi connectivity index (χ1v) is 9.28. The number of hydrogen-bond donors (Lipinski definition) is 0. The van der Waals surface area contributed by atoms with Crippen LogP contribution in [0.4, 0.5) is 5.95 Å². The summed E-state index contributed by atoms with van der Waals surface area (Å²) >= 11 is 0. The zero-order valence-electron chi connectivity index (χ0n) is 15.9. The number of likely N-dealkylation sites (tertiary alicyclic amines) is 1. The Morgan fingerprint density at radius 2 is 1.92 bits per heavy atom. The molecule has 6 heteroatoms. The highest BCUT2D eigenvalue weighted by Gasteiger charge is 2.23. The minimum absolute atomic E-state index is 0.0196. The first-order valence-electron chi connectivity index (χ1n) is 9.28. The van der Waals surface area contributed by atoms with E-state index in [1.807, 2.05) is 35.9 Å². The van der Waals surface area contributed by atoms with Crippen LogP contribution in [0.5, 0.6) is 0 Å². The van der Waals surface area contributed by atoms with Gasteiger partial charge in [-0.1, -0.05) is 6.92 Å². The molecular formula is C20H27N5O. The molecule has 2 aromatic rings. The lowest BCUT2D eigenvalue weighted by atomic mass is 9.99. The van der Waals surface area contributed by atoms with Crippen LogP contribution in [0.25, 0.3) is 0 Å². The number of aryl methyl sites for hydroxylation is 1. The number of rotatable bonds is 5. The minimum atomic E-state index is 0.0196. The summed E-state index contributed by atoms with van der Waals surface area (Å²) in [6.45, 7) is 6.57. The normalized spacial score (nSPS) is 15.1. The average molecular weight is 353 g/mol. The Bertz CT molecular complexity index is 741. The molecular weight excluding hydrogens is 326 g/mol. The van der Waals surface area contributed by atoms with Crippen molar-refractivity contribution in [3.05, 3.63) is 47.5 Å². The van der Waals surface area contributed by atoms with Crippen molar-refractivity contribution in [1.29, 1.82) is 0 Å². The summed E-state index contributed by atoms with van der Waals surface area (Å²) < 4.78 is 0.